The van der Waals surface area contributed by atoms with Gasteiger partial charge in [0, 0.05) is 6.04 Å². The average Bonchev–Trinajstić information content (AvgIpc) is 2.14. The van der Waals surface area contributed by atoms with Crippen LogP contribution in [0.4, 0.5) is 0 Å². The molecule has 1 atom stereocenters. The molecule has 0 heterocycles. The molecule has 1 aromatic rings. The Hall–Kier alpha value is -0.860. The maximum absolute atomic E-state index is 5.62. The van der Waals surface area contributed by atoms with E-state index in [2.05, 4.69) is 36.6 Å². The van der Waals surface area contributed by atoms with E-state index in [0.29, 0.717) is 6.04 Å². The maximum atomic E-state index is 5.62. The van der Waals surface area contributed by atoms with E-state index in [4.69, 9.17) is 5.84 Å². The van der Waals surface area contributed by atoms with Crippen LogP contribution in [-0.2, 0) is 6.42 Å². The quantitative estimate of drug-likeness (QED) is 0.582. The van der Waals surface area contributed by atoms with Crippen LogP contribution in [-0.4, -0.2) is 6.04 Å². The van der Waals surface area contributed by atoms with Gasteiger partial charge in [-0.3, -0.25) is 11.3 Å². The fourth-order valence-electron chi connectivity index (χ4n) is 2.30. The summed E-state index contributed by atoms with van der Waals surface area (Å²) in [5, 5.41) is 0. The van der Waals surface area contributed by atoms with Crippen molar-refractivity contribution in [1.29, 1.82) is 0 Å². The molecule has 2 nitrogen and oxygen atoms in total. The van der Waals surface area contributed by atoms with Gasteiger partial charge in [-0.05, 0) is 37.7 Å². The summed E-state index contributed by atoms with van der Waals surface area (Å²) in [5.41, 5.74) is 5.70. The molecule has 1 fully saturated rings. The van der Waals surface area contributed by atoms with Crippen molar-refractivity contribution in [3.05, 3.63) is 35.4 Å². The predicted molar refractivity (Wildman–Crippen MR) is 63.3 cm³/mol. The highest BCUT2D eigenvalue weighted by Crippen LogP contribution is 2.30. The molecule has 0 bridgehead atoms. The van der Waals surface area contributed by atoms with E-state index in [1.807, 2.05) is 0 Å². The van der Waals surface area contributed by atoms with Gasteiger partial charge in [0.15, 0.2) is 0 Å². The van der Waals surface area contributed by atoms with Crippen LogP contribution in [0.25, 0.3) is 0 Å². The largest absolute Gasteiger partial charge is 0.271 e. The third kappa shape index (κ3) is 2.58. The van der Waals surface area contributed by atoms with Crippen molar-refractivity contribution in [2.45, 2.75) is 38.6 Å². The van der Waals surface area contributed by atoms with Gasteiger partial charge in [-0.25, -0.2) is 0 Å². The summed E-state index contributed by atoms with van der Waals surface area (Å²) in [6, 6.07) is 9.16. The van der Waals surface area contributed by atoms with E-state index in [1.165, 1.54) is 30.4 Å². The molecule has 0 aliphatic heterocycles. The van der Waals surface area contributed by atoms with E-state index in [-0.39, 0.29) is 0 Å². The summed E-state index contributed by atoms with van der Waals surface area (Å²) in [6.45, 7) is 2.14. The lowest BCUT2D eigenvalue weighted by Gasteiger charge is -2.33. The van der Waals surface area contributed by atoms with Gasteiger partial charge in [0.1, 0.15) is 0 Å². The van der Waals surface area contributed by atoms with Crippen molar-refractivity contribution in [2.24, 2.45) is 11.8 Å². The molecule has 1 saturated carbocycles. The zero-order valence-electron chi connectivity index (χ0n) is 9.37. The molecule has 2 rings (SSSR count). The Morgan fingerprint density at radius 1 is 1.47 bits per heavy atom. The number of aryl methyl sites for hydroxylation is 1. The van der Waals surface area contributed by atoms with Crippen molar-refractivity contribution in [1.82, 2.24) is 5.43 Å². The van der Waals surface area contributed by atoms with E-state index in [1.54, 1.807) is 0 Å². The highest BCUT2D eigenvalue weighted by atomic mass is 15.2. The molecule has 0 amide bonds. The van der Waals surface area contributed by atoms with Crippen molar-refractivity contribution >= 4 is 0 Å². The Labute approximate surface area is 91.8 Å². The molecule has 3 N–H and O–H groups in total. The summed E-state index contributed by atoms with van der Waals surface area (Å²) in [4.78, 5) is 0. The number of hydrazine groups is 1. The number of hydrogen-bond acceptors (Lipinski definition) is 2. The number of nitrogens with one attached hydrogen (secondary N) is 1. The van der Waals surface area contributed by atoms with Gasteiger partial charge in [0.25, 0.3) is 0 Å². The highest BCUT2D eigenvalue weighted by Gasteiger charge is 2.26. The van der Waals surface area contributed by atoms with Gasteiger partial charge < -0.3 is 0 Å². The summed E-state index contributed by atoms with van der Waals surface area (Å²) in [5.74, 6) is 6.41. The van der Waals surface area contributed by atoms with E-state index >= 15 is 0 Å². The molecule has 0 radical (unpaired) electrons. The number of hydrogen-bond donors (Lipinski definition) is 2. The second kappa shape index (κ2) is 4.77. The van der Waals surface area contributed by atoms with Crippen molar-refractivity contribution in [3.63, 3.8) is 0 Å². The first kappa shape index (κ1) is 10.7. The van der Waals surface area contributed by atoms with Crippen LogP contribution in [0.5, 0.6) is 0 Å². The van der Waals surface area contributed by atoms with Crippen LogP contribution in [0.1, 0.15) is 30.4 Å². The molecule has 1 aromatic carbocycles. The van der Waals surface area contributed by atoms with Crippen molar-refractivity contribution in [2.75, 3.05) is 0 Å². The van der Waals surface area contributed by atoms with Gasteiger partial charge >= 0.3 is 0 Å². The third-order valence-corrected chi connectivity index (χ3v) is 3.47. The monoisotopic (exact) mass is 204 g/mol. The first-order chi connectivity index (χ1) is 7.29. The van der Waals surface area contributed by atoms with Crippen LogP contribution in [0.15, 0.2) is 24.3 Å². The minimum atomic E-state index is 0.459. The molecule has 82 valence electrons. The lowest BCUT2D eigenvalue weighted by atomic mass is 9.78. The minimum absolute atomic E-state index is 0.459. The number of rotatable bonds is 4. The second-order valence-electron chi connectivity index (χ2n) is 4.66. The highest BCUT2D eigenvalue weighted by molar-refractivity contribution is 5.23. The molecule has 1 aliphatic rings. The molecule has 2 heteroatoms. The minimum Gasteiger partial charge on any atom is -0.271 e. The summed E-state index contributed by atoms with van der Waals surface area (Å²) in [6.07, 6.45) is 5.10. The normalized spacial score (nSPS) is 18.5. The molecular weight excluding hydrogens is 184 g/mol. The van der Waals surface area contributed by atoms with Gasteiger partial charge in [0.2, 0.25) is 0 Å². The molecular formula is C13H20N2. The standard InChI is InChI=1S/C13H20N2/c1-10-4-2-5-11(8-10)9-13(15-14)12-6-3-7-12/h2,4-5,8,12-13,15H,3,6-7,9,14H2,1H3. The van der Waals surface area contributed by atoms with Crippen LogP contribution < -0.4 is 11.3 Å². The first-order valence-electron chi connectivity index (χ1n) is 5.81. The van der Waals surface area contributed by atoms with Gasteiger partial charge in [-0.15, -0.1) is 0 Å². The molecule has 0 saturated heterocycles. The summed E-state index contributed by atoms with van der Waals surface area (Å²) < 4.78 is 0. The topological polar surface area (TPSA) is 38.0 Å². The third-order valence-electron chi connectivity index (χ3n) is 3.47. The Kier molecular flexibility index (Phi) is 3.39. The second-order valence-corrected chi connectivity index (χ2v) is 4.66. The Bertz CT molecular complexity index is 318. The van der Waals surface area contributed by atoms with Crippen LogP contribution in [0.3, 0.4) is 0 Å². The maximum Gasteiger partial charge on any atom is 0.0279 e. The molecule has 1 unspecified atom stereocenters. The molecule has 1 aliphatic carbocycles. The van der Waals surface area contributed by atoms with Gasteiger partial charge in [-0.1, -0.05) is 36.2 Å². The van der Waals surface area contributed by atoms with E-state index in [9.17, 15) is 0 Å². The SMILES string of the molecule is Cc1cccc(CC(NN)C2CCC2)c1. The smallest absolute Gasteiger partial charge is 0.0279 e. The lowest BCUT2D eigenvalue weighted by molar-refractivity contribution is 0.228. The zero-order chi connectivity index (χ0) is 10.7. The van der Waals surface area contributed by atoms with Gasteiger partial charge in [0.05, 0.1) is 0 Å². The Morgan fingerprint density at radius 3 is 2.80 bits per heavy atom. The predicted octanol–water partition coefficient (Wildman–Crippen LogP) is 2.17. The van der Waals surface area contributed by atoms with Crippen molar-refractivity contribution in [3.8, 4) is 0 Å². The first-order valence-corrected chi connectivity index (χ1v) is 5.81. The molecule has 0 aromatic heterocycles. The van der Waals surface area contributed by atoms with Gasteiger partial charge in [-0.2, -0.15) is 0 Å². The summed E-state index contributed by atoms with van der Waals surface area (Å²) in [7, 11) is 0. The Balaban J connectivity index is 1.99. The fraction of sp³-hybridized carbons (Fsp3) is 0.538. The molecule has 15 heavy (non-hydrogen) atoms. The number of nitrogens with two attached hydrogens (primary N) is 1. The van der Waals surface area contributed by atoms with Crippen molar-refractivity contribution < 1.29 is 0 Å². The molecule has 0 spiro atoms. The average molecular weight is 204 g/mol. The fourth-order valence-corrected chi connectivity index (χ4v) is 2.30. The van der Waals surface area contributed by atoms with Crippen LogP contribution >= 0.6 is 0 Å². The lowest BCUT2D eigenvalue weighted by Crippen LogP contribution is -2.44. The van der Waals surface area contributed by atoms with E-state index < -0.39 is 0 Å². The number of benzene rings is 1. The van der Waals surface area contributed by atoms with Crippen LogP contribution in [0.2, 0.25) is 0 Å². The van der Waals surface area contributed by atoms with Crippen LogP contribution in [0, 0.1) is 12.8 Å². The zero-order valence-corrected chi connectivity index (χ0v) is 9.37. The summed E-state index contributed by atoms with van der Waals surface area (Å²) >= 11 is 0. The Morgan fingerprint density at radius 2 is 2.27 bits per heavy atom. The van der Waals surface area contributed by atoms with E-state index in [0.717, 1.165) is 12.3 Å².